The van der Waals surface area contributed by atoms with Gasteiger partial charge in [0.15, 0.2) is 6.19 Å². The molecule has 0 amide bonds. The summed E-state index contributed by atoms with van der Waals surface area (Å²) in [6, 6.07) is 0.356. The number of hydrogen-bond donors (Lipinski definition) is 0. The van der Waals surface area contributed by atoms with Crippen LogP contribution in [0.25, 0.3) is 0 Å². The maximum Gasteiger partial charge on any atom is 0.179 e. The SMILES string of the molecule is CO[C@@H]1CC(C)N(C#N)C1. The molecule has 0 bridgehead atoms. The first-order valence-corrected chi connectivity index (χ1v) is 3.47. The Morgan fingerprint density at radius 3 is 2.70 bits per heavy atom. The molecule has 1 aliphatic heterocycles. The van der Waals surface area contributed by atoms with Gasteiger partial charge in [0.2, 0.25) is 0 Å². The summed E-state index contributed by atoms with van der Waals surface area (Å²) in [5.41, 5.74) is 0. The van der Waals surface area contributed by atoms with Gasteiger partial charge in [0, 0.05) is 13.2 Å². The second kappa shape index (κ2) is 2.89. The zero-order valence-electron chi connectivity index (χ0n) is 6.37. The van der Waals surface area contributed by atoms with Gasteiger partial charge in [0.25, 0.3) is 0 Å². The first-order chi connectivity index (χ1) is 4.77. The molecule has 0 aliphatic carbocycles. The maximum atomic E-state index is 8.57. The van der Waals surface area contributed by atoms with Crippen LogP contribution in [0.1, 0.15) is 13.3 Å². The van der Waals surface area contributed by atoms with Gasteiger partial charge in [-0.3, -0.25) is 0 Å². The number of methoxy groups -OCH3 is 1. The van der Waals surface area contributed by atoms with E-state index in [1.54, 1.807) is 12.0 Å². The number of rotatable bonds is 1. The molecule has 0 N–H and O–H groups in total. The van der Waals surface area contributed by atoms with Crippen molar-refractivity contribution in [3.63, 3.8) is 0 Å². The molecule has 1 saturated heterocycles. The smallest absolute Gasteiger partial charge is 0.179 e. The van der Waals surface area contributed by atoms with Gasteiger partial charge in [-0.25, -0.2) is 0 Å². The average Bonchev–Trinajstić information content (AvgIpc) is 2.30. The summed E-state index contributed by atoms with van der Waals surface area (Å²) in [4.78, 5) is 1.76. The van der Waals surface area contributed by atoms with Crippen LogP contribution in [-0.2, 0) is 4.74 Å². The molecule has 1 heterocycles. The largest absolute Gasteiger partial charge is 0.380 e. The molecule has 1 aliphatic rings. The fourth-order valence-corrected chi connectivity index (χ4v) is 1.29. The van der Waals surface area contributed by atoms with E-state index in [4.69, 9.17) is 10.00 Å². The van der Waals surface area contributed by atoms with Crippen LogP contribution in [0.3, 0.4) is 0 Å². The highest BCUT2D eigenvalue weighted by atomic mass is 16.5. The molecule has 0 aromatic carbocycles. The Balaban J connectivity index is 2.46. The number of ether oxygens (including phenoxy) is 1. The van der Waals surface area contributed by atoms with Crippen LogP contribution in [0, 0.1) is 11.5 Å². The van der Waals surface area contributed by atoms with Crippen molar-refractivity contribution < 1.29 is 4.74 Å². The first-order valence-electron chi connectivity index (χ1n) is 3.47. The Labute approximate surface area is 61.2 Å². The second-order valence-electron chi connectivity index (χ2n) is 2.69. The Morgan fingerprint density at radius 2 is 2.40 bits per heavy atom. The van der Waals surface area contributed by atoms with Crippen LogP contribution < -0.4 is 0 Å². The molecule has 1 unspecified atom stereocenters. The molecule has 0 spiro atoms. The van der Waals surface area contributed by atoms with Crippen molar-refractivity contribution in [3.8, 4) is 6.19 Å². The number of nitriles is 1. The fourth-order valence-electron chi connectivity index (χ4n) is 1.29. The third kappa shape index (κ3) is 1.22. The molecular weight excluding hydrogens is 128 g/mol. The Bertz CT molecular complexity index is 152. The molecule has 0 aromatic rings. The zero-order valence-corrected chi connectivity index (χ0v) is 6.37. The normalized spacial score (nSPS) is 32.3. The van der Waals surface area contributed by atoms with Crippen molar-refractivity contribution in [3.05, 3.63) is 0 Å². The van der Waals surface area contributed by atoms with Crippen LogP contribution in [0.15, 0.2) is 0 Å². The Hall–Kier alpha value is -0.750. The van der Waals surface area contributed by atoms with Crippen LogP contribution >= 0.6 is 0 Å². The standard InChI is InChI=1S/C7H12N2O/c1-6-3-7(10-2)4-9(6)5-8/h6-7H,3-4H2,1-2H3/t6?,7-/m1/s1. The fraction of sp³-hybridized carbons (Fsp3) is 0.857. The van der Waals surface area contributed by atoms with Gasteiger partial charge in [-0.05, 0) is 13.3 Å². The number of likely N-dealkylation sites (tertiary alicyclic amines) is 1. The van der Waals surface area contributed by atoms with Crippen LogP contribution in [0.5, 0.6) is 0 Å². The molecule has 10 heavy (non-hydrogen) atoms. The van der Waals surface area contributed by atoms with Gasteiger partial charge >= 0.3 is 0 Å². The summed E-state index contributed by atoms with van der Waals surface area (Å²) >= 11 is 0. The highest BCUT2D eigenvalue weighted by Crippen LogP contribution is 2.17. The molecule has 2 atom stereocenters. The highest BCUT2D eigenvalue weighted by molar-refractivity contribution is 4.90. The van der Waals surface area contributed by atoms with E-state index in [0.29, 0.717) is 6.04 Å². The lowest BCUT2D eigenvalue weighted by molar-refractivity contribution is 0.113. The summed E-state index contributed by atoms with van der Waals surface area (Å²) in [6.07, 6.45) is 3.37. The quantitative estimate of drug-likeness (QED) is 0.500. The van der Waals surface area contributed by atoms with Crippen LogP contribution in [-0.4, -0.2) is 30.7 Å². The van der Waals surface area contributed by atoms with E-state index in [-0.39, 0.29) is 6.10 Å². The molecule has 3 heteroatoms. The molecule has 56 valence electrons. The molecule has 1 rings (SSSR count). The number of hydrogen-bond acceptors (Lipinski definition) is 3. The maximum absolute atomic E-state index is 8.57. The molecular formula is C7H12N2O. The van der Waals surface area contributed by atoms with Gasteiger partial charge in [-0.2, -0.15) is 5.26 Å². The lowest BCUT2D eigenvalue weighted by Crippen LogP contribution is -2.21. The van der Waals surface area contributed by atoms with Crippen molar-refractivity contribution in [1.82, 2.24) is 4.90 Å². The van der Waals surface area contributed by atoms with Crippen LogP contribution in [0.2, 0.25) is 0 Å². The Kier molecular flexibility index (Phi) is 2.13. The highest BCUT2D eigenvalue weighted by Gasteiger charge is 2.27. The minimum Gasteiger partial charge on any atom is -0.380 e. The van der Waals surface area contributed by atoms with Crippen molar-refractivity contribution in [2.24, 2.45) is 0 Å². The van der Waals surface area contributed by atoms with E-state index in [1.165, 1.54) is 0 Å². The van der Waals surface area contributed by atoms with Crippen molar-refractivity contribution in [2.45, 2.75) is 25.5 Å². The van der Waals surface area contributed by atoms with E-state index >= 15 is 0 Å². The van der Waals surface area contributed by atoms with E-state index in [0.717, 1.165) is 13.0 Å². The predicted octanol–water partition coefficient (Wildman–Crippen LogP) is 0.577. The molecule has 1 fully saturated rings. The van der Waals surface area contributed by atoms with E-state index in [9.17, 15) is 0 Å². The molecule has 0 aromatic heterocycles. The van der Waals surface area contributed by atoms with Gasteiger partial charge in [-0.15, -0.1) is 0 Å². The van der Waals surface area contributed by atoms with E-state index < -0.39 is 0 Å². The number of nitrogens with zero attached hydrogens (tertiary/aromatic N) is 2. The third-order valence-corrected chi connectivity index (χ3v) is 2.00. The molecule has 3 nitrogen and oxygen atoms in total. The topological polar surface area (TPSA) is 36.3 Å². The van der Waals surface area contributed by atoms with E-state index in [2.05, 4.69) is 6.19 Å². The third-order valence-electron chi connectivity index (χ3n) is 2.00. The van der Waals surface area contributed by atoms with Gasteiger partial charge in [0.05, 0.1) is 12.6 Å². The summed E-state index contributed by atoms with van der Waals surface area (Å²) in [6.45, 7) is 2.80. The predicted molar refractivity (Wildman–Crippen MR) is 37.2 cm³/mol. The lowest BCUT2D eigenvalue weighted by atomic mass is 10.2. The molecule has 0 radical (unpaired) electrons. The van der Waals surface area contributed by atoms with Crippen molar-refractivity contribution >= 4 is 0 Å². The molecule has 0 saturated carbocycles. The second-order valence-corrected chi connectivity index (χ2v) is 2.69. The first kappa shape index (κ1) is 7.36. The van der Waals surface area contributed by atoms with Crippen molar-refractivity contribution in [2.75, 3.05) is 13.7 Å². The van der Waals surface area contributed by atoms with Gasteiger partial charge in [-0.1, -0.05) is 0 Å². The summed E-state index contributed by atoms with van der Waals surface area (Å²) < 4.78 is 5.12. The minimum absolute atomic E-state index is 0.259. The summed E-state index contributed by atoms with van der Waals surface area (Å²) in [7, 11) is 1.69. The minimum atomic E-state index is 0.259. The lowest BCUT2D eigenvalue weighted by Gasteiger charge is -2.10. The van der Waals surface area contributed by atoms with Gasteiger partial charge in [0.1, 0.15) is 0 Å². The summed E-state index contributed by atoms with van der Waals surface area (Å²) in [5, 5.41) is 8.57. The monoisotopic (exact) mass is 140 g/mol. The van der Waals surface area contributed by atoms with Crippen LogP contribution in [0.4, 0.5) is 0 Å². The van der Waals surface area contributed by atoms with Gasteiger partial charge < -0.3 is 9.64 Å². The Morgan fingerprint density at radius 1 is 1.70 bits per heavy atom. The zero-order chi connectivity index (χ0) is 7.56. The van der Waals surface area contributed by atoms with E-state index in [1.807, 2.05) is 6.92 Å². The van der Waals surface area contributed by atoms with Crippen molar-refractivity contribution in [1.29, 1.82) is 5.26 Å². The summed E-state index contributed by atoms with van der Waals surface area (Å²) in [5.74, 6) is 0. The average molecular weight is 140 g/mol.